The predicted molar refractivity (Wildman–Crippen MR) is 135 cm³/mol. The first-order valence-corrected chi connectivity index (χ1v) is 12.7. The zero-order chi connectivity index (χ0) is 24.6. The summed E-state index contributed by atoms with van der Waals surface area (Å²) in [5.74, 6) is -0.424. The molecule has 8 heteroatoms. The Bertz CT molecular complexity index is 1160. The quantitative estimate of drug-likeness (QED) is 0.360. The third-order valence-electron chi connectivity index (χ3n) is 5.50. The first-order valence-electron chi connectivity index (χ1n) is 11.3. The SMILES string of the molecule is CC(CN(CC(=O)NCc1ccc(CN(C)C)cc1)S(=O)(=O)c1cc[c-]cc1)c1ccccc1.[Y]. The van der Waals surface area contributed by atoms with Gasteiger partial charge in [0, 0.05) is 52.3 Å². The molecule has 0 heterocycles. The van der Waals surface area contributed by atoms with E-state index in [1.807, 2.05) is 75.6 Å². The van der Waals surface area contributed by atoms with Crippen LogP contribution in [-0.4, -0.2) is 50.7 Å². The molecule has 1 N–H and O–H groups in total. The zero-order valence-electron chi connectivity index (χ0n) is 20.5. The molecule has 6 nitrogen and oxygen atoms in total. The molecule has 0 aromatic heterocycles. The molecule has 3 aromatic rings. The van der Waals surface area contributed by atoms with E-state index < -0.39 is 10.0 Å². The van der Waals surface area contributed by atoms with Crippen molar-refractivity contribution in [2.75, 3.05) is 27.2 Å². The van der Waals surface area contributed by atoms with Gasteiger partial charge in [-0.1, -0.05) is 61.5 Å². The van der Waals surface area contributed by atoms with E-state index in [4.69, 9.17) is 0 Å². The van der Waals surface area contributed by atoms with Gasteiger partial charge in [0.15, 0.2) is 0 Å². The Balaban J connectivity index is 0.00000432. The third-order valence-corrected chi connectivity index (χ3v) is 7.33. The zero-order valence-corrected chi connectivity index (χ0v) is 24.2. The van der Waals surface area contributed by atoms with Crippen molar-refractivity contribution >= 4 is 15.9 Å². The van der Waals surface area contributed by atoms with Crippen molar-refractivity contribution < 1.29 is 45.9 Å². The summed E-state index contributed by atoms with van der Waals surface area (Å²) in [6.45, 7) is 3.08. The summed E-state index contributed by atoms with van der Waals surface area (Å²) in [5.41, 5.74) is 3.16. The van der Waals surface area contributed by atoms with Crippen LogP contribution in [0.2, 0.25) is 0 Å². The topological polar surface area (TPSA) is 69.7 Å². The van der Waals surface area contributed by atoms with E-state index in [0.717, 1.165) is 17.7 Å². The second-order valence-corrected chi connectivity index (χ2v) is 10.6. The summed E-state index contributed by atoms with van der Waals surface area (Å²) in [4.78, 5) is 15.0. The molecule has 1 radical (unpaired) electrons. The van der Waals surface area contributed by atoms with Gasteiger partial charge < -0.3 is 10.2 Å². The molecule has 35 heavy (non-hydrogen) atoms. The van der Waals surface area contributed by atoms with Gasteiger partial charge in [-0.25, -0.2) is 8.42 Å². The number of nitrogens with one attached hydrogen (secondary N) is 1. The van der Waals surface area contributed by atoms with Gasteiger partial charge in [0.2, 0.25) is 15.9 Å². The van der Waals surface area contributed by atoms with Crippen molar-refractivity contribution in [1.29, 1.82) is 0 Å². The average molecular weight is 568 g/mol. The Hall–Kier alpha value is -1.90. The number of amides is 1. The molecule has 0 saturated heterocycles. The van der Waals surface area contributed by atoms with Crippen LogP contribution >= 0.6 is 0 Å². The minimum absolute atomic E-state index is 0. The van der Waals surface area contributed by atoms with E-state index >= 15 is 0 Å². The molecule has 1 amide bonds. The molecule has 0 spiro atoms. The minimum Gasteiger partial charge on any atom is -0.351 e. The van der Waals surface area contributed by atoms with Gasteiger partial charge in [-0.15, -0.1) is 0 Å². The first-order chi connectivity index (χ1) is 16.3. The Morgan fingerprint density at radius 2 is 1.54 bits per heavy atom. The summed E-state index contributed by atoms with van der Waals surface area (Å²) < 4.78 is 28.0. The van der Waals surface area contributed by atoms with E-state index in [9.17, 15) is 13.2 Å². The number of hydrogen-bond acceptors (Lipinski definition) is 4. The van der Waals surface area contributed by atoms with Crippen LogP contribution in [0.25, 0.3) is 0 Å². The van der Waals surface area contributed by atoms with Crippen LogP contribution in [0, 0.1) is 6.07 Å². The van der Waals surface area contributed by atoms with Gasteiger partial charge >= 0.3 is 0 Å². The van der Waals surface area contributed by atoms with Crippen LogP contribution in [0.4, 0.5) is 0 Å². The summed E-state index contributed by atoms with van der Waals surface area (Å²) >= 11 is 0. The standard InChI is InChI=1S/C27H32N3O3S.Y/c1-22(25-10-6-4-7-11-25)19-30(34(32,33)26-12-8-5-9-13-26)21-27(31)28-18-23-14-16-24(17-15-23)20-29(2)3;/h4,6-17,22H,18-21H2,1-3H3,(H,28,31);/q-1;. The molecule has 0 saturated carbocycles. The molecule has 1 atom stereocenters. The molecule has 3 aromatic carbocycles. The fourth-order valence-electron chi connectivity index (χ4n) is 3.68. The fourth-order valence-corrected chi connectivity index (χ4v) is 5.16. The Morgan fingerprint density at radius 1 is 0.943 bits per heavy atom. The van der Waals surface area contributed by atoms with Gasteiger partial charge in [0.1, 0.15) is 0 Å². The smallest absolute Gasteiger partial charge is 0.235 e. The van der Waals surface area contributed by atoms with Crippen LogP contribution in [0.1, 0.15) is 29.5 Å². The normalized spacial score (nSPS) is 12.3. The van der Waals surface area contributed by atoms with Crippen LogP contribution in [-0.2, 0) is 60.6 Å². The summed E-state index contributed by atoms with van der Waals surface area (Å²) in [6, 6.07) is 26.7. The fraction of sp³-hybridized carbons (Fsp3) is 0.296. The molecule has 0 aliphatic heterocycles. The molecule has 0 fully saturated rings. The maximum atomic E-state index is 13.4. The summed E-state index contributed by atoms with van der Waals surface area (Å²) in [5, 5.41) is 2.86. The minimum atomic E-state index is -3.85. The van der Waals surface area contributed by atoms with E-state index in [2.05, 4.69) is 16.3 Å². The van der Waals surface area contributed by atoms with E-state index in [0.29, 0.717) is 6.54 Å². The molecule has 0 aliphatic rings. The average Bonchev–Trinajstić information content (AvgIpc) is 2.84. The monoisotopic (exact) mass is 567 g/mol. The first kappa shape index (κ1) is 29.3. The third kappa shape index (κ3) is 8.92. The number of nitrogens with zero attached hydrogens (tertiary/aromatic N) is 2. The second kappa shape index (κ2) is 14.0. The van der Waals surface area contributed by atoms with Crippen molar-refractivity contribution in [3.63, 3.8) is 0 Å². The van der Waals surface area contributed by atoms with Crippen LogP contribution < -0.4 is 5.32 Å². The largest absolute Gasteiger partial charge is 0.351 e. The number of benzene rings is 3. The van der Waals surface area contributed by atoms with Crippen molar-refractivity contribution in [2.24, 2.45) is 0 Å². The molecule has 183 valence electrons. The maximum absolute atomic E-state index is 13.4. The van der Waals surface area contributed by atoms with Crippen molar-refractivity contribution in [1.82, 2.24) is 14.5 Å². The number of sulfonamides is 1. The van der Waals surface area contributed by atoms with Gasteiger partial charge in [-0.2, -0.15) is 34.6 Å². The van der Waals surface area contributed by atoms with Crippen molar-refractivity contribution in [2.45, 2.75) is 30.8 Å². The Labute approximate surface area is 234 Å². The van der Waals surface area contributed by atoms with Crippen molar-refractivity contribution in [3.8, 4) is 0 Å². The van der Waals surface area contributed by atoms with Crippen LogP contribution in [0.5, 0.6) is 0 Å². The van der Waals surface area contributed by atoms with E-state index in [1.54, 1.807) is 12.1 Å². The number of hydrogen-bond donors (Lipinski definition) is 1. The van der Waals surface area contributed by atoms with Gasteiger partial charge in [0.05, 0.1) is 6.54 Å². The van der Waals surface area contributed by atoms with Crippen molar-refractivity contribution in [3.05, 3.63) is 102 Å². The predicted octanol–water partition coefficient (Wildman–Crippen LogP) is 3.66. The number of rotatable bonds is 11. The number of carbonyl (C=O) groups is 1. The van der Waals surface area contributed by atoms with Gasteiger partial charge in [0.25, 0.3) is 0 Å². The van der Waals surface area contributed by atoms with Crippen LogP contribution in [0.15, 0.2) is 83.8 Å². The molecule has 1 unspecified atom stereocenters. The summed E-state index contributed by atoms with van der Waals surface area (Å²) in [6.07, 6.45) is 0. The molecule has 0 aliphatic carbocycles. The molecular formula is C27H32N3O3SY-. The second-order valence-electron chi connectivity index (χ2n) is 8.68. The maximum Gasteiger partial charge on any atom is 0.235 e. The van der Waals surface area contributed by atoms with E-state index in [-0.39, 0.29) is 62.5 Å². The Kier molecular flexibility index (Phi) is 11.7. The van der Waals surface area contributed by atoms with Crippen LogP contribution in [0.3, 0.4) is 0 Å². The Morgan fingerprint density at radius 3 is 2.14 bits per heavy atom. The number of carbonyl (C=O) groups excluding carboxylic acids is 1. The molecule has 0 bridgehead atoms. The molecule has 3 rings (SSSR count). The van der Waals surface area contributed by atoms with Gasteiger partial charge in [-0.05, 0) is 41.6 Å². The summed E-state index contributed by atoms with van der Waals surface area (Å²) in [7, 11) is 0.177. The van der Waals surface area contributed by atoms with Gasteiger partial charge in [-0.3, -0.25) is 4.79 Å². The molecular weight excluding hydrogens is 535 g/mol. The van der Waals surface area contributed by atoms with E-state index in [1.165, 1.54) is 22.0 Å².